The third kappa shape index (κ3) is 6.60. The van der Waals surface area contributed by atoms with E-state index in [-0.39, 0.29) is 37.6 Å². The van der Waals surface area contributed by atoms with Gasteiger partial charge < -0.3 is 14.2 Å². The maximum absolute atomic E-state index is 13.3. The molecule has 1 heterocycles. The molecule has 178 valence electrons. The fraction of sp³-hybridized carbons (Fsp3) is 0.231. The maximum atomic E-state index is 13.3. The summed E-state index contributed by atoms with van der Waals surface area (Å²) < 4.78 is 44.9. The molecular formula is C26H25F3N2O3. The minimum absolute atomic E-state index is 0.000143. The molecule has 0 fully saturated rings. The lowest BCUT2D eigenvalue weighted by Crippen LogP contribution is -2.42. The first-order chi connectivity index (χ1) is 16.2. The summed E-state index contributed by atoms with van der Waals surface area (Å²) in [6.07, 6.45) is -3.15. The number of benzene rings is 2. The van der Waals surface area contributed by atoms with Gasteiger partial charge in [-0.25, -0.2) is 0 Å². The molecule has 0 N–H and O–H groups in total. The van der Waals surface area contributed by atoms with Crippen LogP contribution < -0.4 is 0 Å². The van der Waals surface area contributed by atoms with Crippen molar-refractivity contribution in [2.45, 2.75) is 26.2 Å². The molecule has 0 aliphatic carbocycles. The van der Waals surface area contributed by atoms with Crippen LogP contribution in [0.4, 0.5) is 13.2 Å². The standard InChI is InChI=1S/C26H25F3N2O3/c1-3-14-30(25(33)21-10-7-11-22(15-21)26(27,28)29)18-24(32)31(16-20-8-5-4-6-9-20)17-23-13-12-19(2)34-23/h3-13,15H,1,14,16-18H2,2H3. The Morgan fingerprint density at radius 1 is 0.971 bits per heavy atom. The number of alkyl halides is 3. The third-order valence-corrected chi connectivity index (χ3v) is 5.11. The Morgan fingerprint density at radius 2 is 1.71 bits per heavy atom. The monoisotopic (exact) mass is 470 g/mol. The van der Waals surface area contributed by atoms with Gasteiger partial charge in [0.15, 0.2) is 0 Å². The summed E-state index contributed by atoms with van der Waals surface area (Å²) in [6.45, 7) is 5.54. The van der Waals surface area contributed by atoms with Gasteiger partial charge in [0.25, 0.3) is 5.91 Å². The van der Waals surface area contributed by atoms with Gasteiger partial charge in [-0.1, -0.05) is 42.5 Å². The van der Waals surface area contributed by atoms with Crippen LogP contribution in [0.25, 0.3) is 0 Å². The van der Waals surface area contributed by atoms with Gasteiger partial charge in [-0.3, -0.25) is 9.59 Å². The van der Waals surface area contributed by atoms with E-state index in [1.807, 2.05) is 30.3 Å². The summed E-state index contributed by atoms with van der Waals surface area (Å²) in [6, 6.07) is 17.1. The van der Waals surface area contributed by atoms with Gasteiger partial charge in [0.05, 0.1) is 12.1 Å². The molecule has 8 heteroatoms. The molecule has 0 atom stereocenters. The summed E-state index contributed by atoms with van der Waals surface area (Å²) in [5.74, 6) is 0.226. The highest BCUT2D eigenvalue weighted by atomic mass is 19.4. The number of amides is 2. The number of aryl methyl sites for hydroxylation is 1. The van der Waals surface area contributed by atoms with Crippen molar-refractivity contribution in [3.05, 3.63) is 108 Å². The van der Waals surface area contributed by atoms with Crippen LogP contribution in [0.15, 0.2) is 83.8 Å². The van der Waals surface area contributed by atoms with Crippen molar-refractivity contribution in [1.82, 2.24) is 9.80 Å². The van der Waals surface area contributed by atoms with E-state index in [4.69, 9.17) is 4.42 Å². The van der Waals surface area contributed by atoms with Gasteiger partial charge in [-0.15, -0.1) is 6.58 Å². The van der Waals surface area contributed by atoms with E-state index < -0.39 is 17.6 Å². The van der Waals surface area contributed by atoms with Crippen LogP contribution >= 0.6 is 0 Å². The molecule has 2 amide bonds. The minimum Gasteiger partial charge on any atom is -0.464 e. The molecule has 2 aromatic carbocycles. The van der Waals surface area contributed by atoms with E-state index >= 15 is 0 Å². The number of hydrogen-bond donors (Lipinski definition) is 0. The topological polar surface area (TPSA) is 53.8 Å². The number of furan rings is 1. The van der Waals surface area contributed by atoms with Gasteiger partial charge in [-0.05, 0) is 42.8 Å². The van der Waals surface area contributed by atoms with Crippen molar-refractivity contribution in [3.8, 4) is 0 Å². The van der Waals surface area contributed by atoms with Crippen molar-refractivity contribution in [2.75, 3.05) is 13.1 Å². The highest BCUT2D eigenvalue weighted by molar-refractivity contribution is 5.96. The van der Waals surface area contributed by atoms with Crippen LogP contribution in [0.2, 0.25) is 0 Å². The van der Waals surface area contributed by atoms with Gasteiger partial charge in [0, 0.05) is 18.7 Å². The molecular weight excluding hydrogens is 445 g/mol. The Morgan fingerprint density at radius 3 is 2.32 bits per heavy atom. The van der Waals surface area contributed by atoms with Gasteiger partial charge in [0.1, 0.15) is 18.1 Å². The zero-order valence-electron chi connectivity index (χ0n) is 18.7. The Kier molecular flexibility index (Phi) is 7.94. The van der Waals surface area contributed by atoms with Crippen molar-refractivity contribution < 1.29 is 27.2 Å². The summed E-state index contributed by atoms with van der Waals surface area (Å²) in [7, 11) is 0. The molecule has 0 bridgehead atoms. The predicted octanol–water partition coefficient (Wildman–Crippen LogP) is 5.46. The van der Waals surface area contributed by atoms with Crippen molar-refractivity contribution in [1.29, 1.82) is 0 Å². The van der Waals surface area contributed by atoms with Crippen LogP contribution in [0.3, 0.4) is 0 Å². The second kappa shape index (κ2) is 10.9. The fourth-order valence-corrected chi connectivity index (χ4v) is 3.44. The fourth-order valence-electron chi connectivity index (χ4n) is 3.44. The lowest BCUT2D eigenvalue weighted by Gasteiger charge is -2.27. The van der Waals surface area contributed by atoms with E-state index in [0.717, 1.165) is 17.7 Å². The molecule has 3 rings (SSSR count). The van der Waals surface area contributed by atoms with Gasteiger partial charge in [0.2, 0.25) is 5.91 Å². The van der Waals surface area contributed by atoms with E-state index in [1.165, 1.54) is 23.1 Å². The van der Waals surface area contributed by atoms with E-state index in [2.05, 4.69) is 6.58 Å². The van der Waals surface area contributed by atoms with Crippen molar-refractivity contribution in [2.24, 2.45) is 0 Å². The second-order valence-electron chi connectivity index (χ2n) is 7.80. The number of halogens is 3. The molecule has 0 saturated carbocycles. The van der Waals surface area contributed by atoms with E-state index in [1.54, 1.807) is 24.0 Å². The SMILES string of the molecule is C=CCN(CC(=O)N(Cc1ccccc1)Cc1ccc(C)o1)C(=O)c1cccc(C(F)(F)F)c1. The smallest absolute Gasteiger partial charge is 0.416 e. The summed E-state index contributed by atoms with van der Waals surface area (Å²) >= 11 is 0. The normalized spacial score (nSPS) is 11.2. The first-order valence-corrected chi connectivity index (χ1v) is 10.6. The summed E-state index contributed by atoms with van der Waals surface area (Å²) in [4.78, 5) is 29.0. The molecule has 0 unspecified atom stereocenters. The second-order valence-corrected chi connectivity index (χ2v) is 7.80. The number of rotatable bonds is 9. The average Bonchev–Trinajstić information content (AvgIpc) is 3.22. The molecule has 34 heavy (non-hydrogen) atoms. The Hall–Kier alpha value is -3.81. The molecule has 3 aromatic rings. The van der Waals surface area contributed by atoms with Crippen LogP contribution in [0.1, 0.15) is 33.0 Å². The van der Waals surface area contributed by atoms with Crippen molar-refractivity contribution >= 4 is 11.8 Å². The zero-order chi connectivity index (χ0) is 24.7. The lowest BCUT2D eigenvalue weighted by molar-refractivity contribution is -0.137. The number of nitrogens with zero attached hydrogens (tertiary/aromatic N) is 2. The molecule has 5 nitrogen and oxygen atoms in total. The molecule has 0 aliphatic heterocycles. The van der Waals surface area contributed by atoms with E-state index in [9.17, 15) is 22.8 Å². The lowest BCUT2D eigenvalue weighted by atomic mass is 10.1. The number of hydrogen-bond acceptors (Lipinski definition) is 3. The zero-order valence-corrected chi connectivity index (χ0v) is 18.7. The van der Waals surface area contributed by atoms with Crippen LogP contribution in [-0.4, -0.2) is 34.7 Å². The Labute approximate surface area is 196 Å². The van der Waals surface area contributed by atoms with Gasteiger partial charge >= 0.3 is 6.18 Å². The summed E-state index contributed by atoms with van der Waals surface area (Å²) in [5, 5.41) is 0. The first kappa shape index (κ1) is 24.8. The first-order valence-electron chi connectivity index (χ1n) is 10.6. The summed E-state index contributed by atoms with van der Waals surface area (Å²) in [5.41, 5.74) is -0.193. The van der Waals surface area contributed by atoms with Crippen LogP contribution in [0, 0.1) is 6.92 Å². The number of carbonyl (C=O) groups is 2. The third-order valence-electron chi connectivity index (χ3n) is 5.11. The Bertz CT molecular complexity index is 1140. The molecule has 1 aromatic heterocycles. The molecule has 0 aliphatic rings. The molecule has 0 radical (unpaired) electrons. The van der Waals surface area contributed by atoms with Gasteiger partial charge in [-0.2, -0.15) is 13.2 Å². The van der Waals surface area contributed by atoms with E-state index in [0.29, 0.717) is 11.5 Å². The average molecular weight is 470 g/mol. The van der Waals surface area contributed by atoms with Crippen molar-refractivity contribution in [3.63, 3.8) is 0 Å². The van der Waals surface area contributed by atoms with Crippen LogP contribution in [-0.2, 0) is 24.1 Å². The number of carbonyl (C=O) groups excluding carboxylic acids is 2. The Balaban J connectivity index is 1.82. The van der Waals surface area contributed by atoms with Crippen LogP contribution in [0.5, 0.6) is 0 Å². The highest BCUT2D eigenvalue weighted by Crippen LogP contribution is 2.29. The molecule has 0 saturated heterocycles. The minimum atomic E-state index is -4.58. The predicted molar refractivity (Wildman–Crippen MR) is 122 cm³/mol. The molecule has 0 spiro atoms. The maximum Gasteiger partial charge on any atom is 0.416 e. The largest absolute Gasteiger partial charge is 0.464 e. The quantitative estimate of drug-likeness (QED) is 0.390. The highest BCUT2D eigenvalue weighted by Gasteiger charge is 2.31.